The molecule has 2 aliphatic heterocycles. The second kappa shape index (κ2) is 6.04. The molecule has 4 rings (SSSR count). The molecular formula is C19H32NO+. The fraction of sp³-hybridized carbons (Fsp3) is 0.895. The Bertz CT molecular complexity index is 404. The van der Waals surface area contributed by atoms with E-state index in [0.717, 1.165) is 17.8 Å². The first-order chi connectivity index (χ1) is 10.3. The fourth-order valence-corrected chi connectivity index (χ4v) is 5.68. The van der Waals surface area contributed by atoms with Crippen LogP contribution in [0.3, 0.4) is 0 Å². The van der Waals surface area contributed by atoms with Gasteiger partial charge in [-0.2, -0.15) is 0 Å². The lowest BCUT2D eigenvalue weighted by atomic mass is 9.66. The Hall–Kier alpha value is -0.340. The van der Waals surface area contributed by atoms with Crippen LogP contribution in [-0.4, -0.2) is 32.3 Å². The summed E-state index contributed by atoms with van der Waals surface area (Å²) >= 11 is 0. The molecule has 2 heteroatoms. The number of nitrogens with one attached hydrogen (secondary N) is 1. The summed E-state index contributed by atoms with van der Waals surface area (Å²) in [7, 11) is 2.37. The van der Waals surface area contributed by atoms with Crippen LogP contribution in [-0.2, 0) is 4.74 Å². The third kappa shape index (κ3) is 2.70. The largest absolute Gasteiger partial charge is 0.373 e. The van der Waals surface area contributed by atoms with Crippen molar-refractivity contribution in [1.29, 1.82) is 0 Å². The van der Waals surface area contributed by atoms with Gasteiger partial charge in [0.05, 0.1) is 32.3 Å². The molecule has 6 atom stereocenters. The zero-order valence-corrected chi connectivity index (χ0v) is 13.7. The molecule has 1 saturated carbocycles. The van der Waals surface area contributed by atoms with E-state index in [1.807, 2.05) is 5.57 Å². The summed E-state index contributed by atoms with van der Waals surface area (Å²) in [5.41, 5.74) is 1.84. The van der Waals surface area contributed by atoms with E-state index in [9.17, 15) is 0 Å². The van der Waals surface area contributed by atoms with Gasteiger partial charge in [0.2, 0.25) is 0 Å². The first kappa shape index (κ1) is 14.3. The summed E-state index contributed by atoms with van der Waals surface area (Å²) in [6.45, 7) is 2.70. The molecule has 0 aromatic heterocycles. The van der Waals surface area contributed by atoms with Crippen molar-refractivity contribution in [1.82, 2.24) is 0 Å². The lowest BCUT2D eigenvalue weighted by Gasteiger charge is -2.50. The van der Waals surface area contributed by atoms with Crippen molar-refractivity contribution in [2.45, 2.75) is 70.0 Å². The Morgan fingerprint density at radius 1 is 1.00 bits per heavy atom. The van der Waals surface area contributed by atoms with Gasteiger partial charge in [-0.15, -0.1) is 0 Å². The highest BCUT2D eigenvalue weighted by atomic mass is 16.5. The first-order valence-corrected chi connectivity index (χ1v) is 9.49. The molecule has 0 amide bonds. The zero-order chi connectivity index (χ0) is 14.2. The summed E-state index contributed by atoms with van der Waals surface area (Å²) in [4.78, 5) is 1.72. The van der Waals surface area contributed by atoms with Crippen LogP contribution in [0.25, 0.3) is 0 Å². The summed E-state index contributed by atoms with van der Waals surface area (Å²) in [5, 5.41) is 0. The first-order valence-electron chi connectivity index (χ1n) is 9.49. The predicted octanol–water partition coefficient (Wildman–Crippen LogP) is 2.60. The number of piperidine rings is 1. The fourth-order valence-electron chi connectivity index (χ4n) is 5.68. The highest BCUT2D eigenvalue weighted by molar-refractivity contribution is 5.21. The molecule has 0 aromatic rings. The number of allylic oxidation sites excluding steroid dienone is 1. The molecule has 0 aromatic carbocycles. The molecule has 2 saturated heterocycles. The molecule has 2 aliphatic carbocycles. The molecule has 118 valence electrons. The molecule has 0 radical (unpaired) electrons. The van der Waals surface area contributed by atoms with Gasteiger partial charge in [-0.25, -0.2) is 0 Å². The van der Waals surface area contributed by atoms with Gasteiger partial charge in [0, 0.05) is 17.8 Å². The molecule has 3 fully saturated rings. The molecule has 1 N–H and O–H groups in total. The summed E-state index contributed by atoms with van der Waals surface area (Å²) in [6.07, 6.45) is 16.2. The van der Waals surface area contributed by atoms with Gasteiger partial charge in [0.15, 0.2) is 0 Å². The predicted molar refractivity (Wildman–Crippen MR) is 85.4 cm³/mol. The SMILES string of the molecule is C[NH+]1CCCC([C@@H]2O[C@H]3CCCC[C@@H]3C3=CCCC[C@H]32)C1. The minimum atomic E-state index is 0.547. The number of hydrogen-bond acceptors (Lipinski definition) is 1. The highest BCUT2D eigenvalue weighted by Crippen LogP contribution is 2.48. The Morgan fingerprint density at radius 2 is 1.86 bits per heavy atom. The Labute approximate surface area is 129 Å². The van der Waals surface area contributed by atoms with Crippen molar-refractivity contribution in [2.24, 2.45) is 17.8 Å². The lowest BCUT2D eigenvalue weighted by Crippen LogP contribution is -3.11. The number of fused-ring (bicyclic) bond motifs is 3. The van der Waals surface area contributed by atoms with Crippen molar-refractivity contribution in [3.05, 3.63) is 11.6 Å². The molecule has 0 bridgehead atoms. The van der Waals surface area contributed by atoms with Gasteiger partial charge in [-0.05, 0) is 44.9 Å². The smallest absolute Gasteiger partial charge is 0.0822 e. The Kier molecular flexibility index (Phi) is 4.10. The second-order valence-corrected chi connectivity index (χ2v) is 8.09. The Morgan fingerprint density at radius 3 is 2.76 bits per heavy atom. The number of ether oxygens (including phenoxy) is 1. The van der Waals surface area contributed by atoms with Crippen molar-refractivity contribution < 1.29 is 9.64 Å². The van der Waals surface area contributed by atoms with Crippen molar-refractivity contribution in [3.63, 3.8) is 0 Å². The minimum absolute atomic E-state index is 0.547. The van der Waals surface area contributed by atoms with Gasteiger partial charge in [-0.3, -0.25) is 0 Å². The lowest BCUT2D eigenvalue weighted by molar-refractivity contribution is -0.889. The zero-order valence-electron chi connectivity index (χ0n) is 13.7. The van der Waals surface area contributed by atoms with E-state index in [2.05, 4.69) is 13.1 Å². The van der Waals surface area contributed by atoms with E-state index >= 15 is 0 Å². The quantitative estimate of drug-likeness (QED) is 0.733. The second-order valence-electron chi connectivity index (χ2n) is 8.09. The van der Waals surface area contributed by atoms with Crippen LogP contribution in [0.2, 0.25) is 0 Å². The number of hydrogen-bond donors (Lipinski definition) is 1. The van der Waals surface area contributed by atoms with E-state index in [4.69, 9.17) is 4.74 Å². The highest BCUT2D eigenvalue weighted by Gasteiger charge is 2.46. The van der Waals surface area contributed by atoms with Gasteiger partial charge in [-0.1, -0.05) is 24.5 Å². The maximum absolute atomic E-state index is 6.79. The number of rotatable bonds is 1. The molecular weight excluding hydrogens is 258 g/mol. The van der Waals surface area contributed by atoms with Crippen LogP contribution in [0.5, 0.6) is 0 Å². The molecule has 4 aliphatic rings. The molecule has 2 nitrogen and oxygen atoms in total. The number of likely N-dealkylation sites (tertiary alicyclic amines) is 1. The maximum Gasteiger partial charge on any atom is 0.0822 e. The average Bonchev–Trinajstić information content (AvgIpc) is 2.54. The van der Waals surface area contributed by atoms with Gasteiger partial charge < -0.3 is 9.64 Å². The van der Waals surface area contributed by atoms with Crippen molar-refractivity contribution >= 4 is 0 Å². The summed E-state index contributed by atoms with van der Waals surface area (Å²) in [5.74, 6) is 2.37. The van der Waals surface area contributed by atoms with Crippen LogP contribution in [0.1, 0.15) is 57.8 Å². The van der Waals surface area contributed by atoms with E-state index < -0.39 is 0 Å². The van der Waals surface area contributed by atoms with Crippen LogP contribution in [0, 0.1) is 17.8 Å². The van der Waals surface area contributed by atoms with E-state index in [0.29, 0.717) is 12.2 Å². The van der Waals surface area contributed by atoms with Crippen LogP contribution in [0.4, 0.5) is 0 Å². The third-order valence-electron chi connectivity index (χ3n) is 6.64. The summed E-state index contributed by atoms with van der Waals surface area (Å²) < 4.78 is 6.79. The Balaban J connectivity index is 1.58. The standard InChI is InChI=1S/C19H31NO/c1-20-12-6-7-14(13-20)19-17-10-3-2-8-15(17)16-9-4-5-11-18(16)21-19/h8,14,16-19H,2-7,9-13H2,1H3/p+1/t14?,16-,17-,18+,19+/m1/s1. The van der Waals surface area contributed by atoms with E-state index in [1.54, 1.807) is 4.90 Å². The minimum Gasteiger partial charge on any atom is -0.373 e. The number of quaternary nitrogens is 1. The topological polar surface area (TPSA) is 13.7 Å². The van der Waals surface area contributed by atoms with Gasteiger partial charge in [0.1, 0.15) is 0 Å². The normalized spacial score (nSPS) is 47.2. The van der Waals surface area contributed by atoms with E-state index in [-0.39, 0.29) is 0 Å². The molecule has 2 heterocycles. The third-order valence-corrected chi connectivity index (χ3v) is 6.64. The molecule has 2 unspecified atom stereocenters. The van der Waals surface area contributed by atoms with Crippen molar-refractivity contribution in [2.75, 3.05) is 20.1 Å². The van der Waals surface area contributed by atoms with Gasteiger partial charge in [0.25, 0.3) is 0 Å². The van der Waals surface area contributed by atoms with Crippen LogP contribution < -0.4 is 4.90 Å². The molecule has 0 spiro atoms. The van der Waals surface area contributed by atoms with Gasteiger partial charge >= 0.3 is 0 Å². The van der Waals surface area contributed by atoms with Crippen molar-refractivity contribution in [3.8, 4) is 0 Å². The summed E-state index contributed by atoms with van der Waals surface area (Å²) in [6, 6.07) is 0. The van der Waals surface area contributed by atoms with Crippen LogP contribution in [0.15, 0.2) is 11.6 Å². The monoisotopic (exact) mass is 290 g/mol. The average molecular weight is 290 g/mol. The molecule has 21 heavy (non-hydrogen) atoms. The van der Waals surface area contributed by atoms with E-state index in [1.165, 1.54) is 70.9 Å². The maximum atomic E-state index is 6.79. The van der Waals surface area contributed by atoms with Crippen LogP contribution >= 0.6 is 0 Å².